The molecular formula is C44H68N2O7. The summed E-state index contributed by atoms with van der Waals surface area (Å²) in [6.45, 7) is 3.23. The third kappa shape index (κ3) is 34.6. The van der Waals surface area contributed by atoms with E-state index in [2.05, 4.69) is 103 Å². The lowest BCUT2D eigenvalue weighted by molar-refractivity contribution is -0.147. The predicted octanol–water partition coefficient (Wildman–Crippen LogP) is 9.09. The predicted molar refractivity (Wildman–Crippen MR) is 217 cm³/mol. The van der Waals surface area contributed by atoms with Crippen LogP contribution in [0.25, 0.3) is 0 Å². The Morgan fingerprint density at radius 3 is 1.68 bits per heavy atom. The molecule has 2 amide bonds. The molecule has 53 heavy (non-hydrogen) atoms. The number of ether oxygens (including phenoxy) is 1. The van der Waals surface area contributed by atoms with Gasteiger partial charge in [0.15, 0.2) is 0 Å². The molecule has 296 valence electrons. The van der Waals surface area contributed by atoms with E-state index < -0.39 is 24.5 Å². The van der Waals surface area contributed by atoms with Crippen LogP contribution in [-0.2, 0) is 23.9 Å². The van der Waals surface area contributed by atoms with Crippen molar-refractivity contribution in [2.75, 3.05) is 13.2 Å². The molecule has 0 aliphatic rings. The van der Waals surface area contributed by atoms with E-state index in [9.17, 15) is 19.2 Å². The number of amides is 2. The van der Waals surface area contributed by atoms with E-state index >= 15 is 0 Å². The topological polar surface area (TPSA) is 142 Å². The van der Waals surface area contributed by atoms with Crippen LogP contribution in [0.2, 0.25) is 0 Å². The number of aliphatic hydroxyl groups excluding tert-OH is 1. The van der Waals surface area contributed by atoms with Crippen molar-refractivity contribution in [3.05, 3.63) is 97.2 Å². The van der Waals surface area contributed by atoms with Crippen LogP contribution in [0.5, 0.6) is 0 Å². The first kappa shape index (κ1) is 48.8. The fourth-order valence-corrected chi connectivity index (χ4v) is 4.79. The van der Waals surface area contributed by atoms with Crippen LogP contribution in [0, 0.1) is 0 Å². The highest BCUT2D eigenvalue weighted by Crippen LogP contribution is 2.13. The van der Waals surface area contributed by atoms with Crippen molar-refractivity contribution in [3.8, 4) is 0 Å². The molecule has 0 saturated carbocycles. The van der Waals surface area contributed by atoms with Crippen molar-refractivity contribution in [2.45, 2.75) is 142 Å². The van der Waals surface area contributed by atoms with Crippen LogP contribution in [0.1, 0.15) is 129 Å². The molecule has 0 heterocycles. The van der Waals surface area contributed by atoms with E-state index in [1.54, 1.807) is 0 Å². The molecule has 0 aliphatic heterocycles. The summed E-state index contributed by atoms with van der Waals surface area (Å²) in [5.74, 6) is -2.54. The molecule has 0 bridgehead atoms. The smallest absolute Gasteiger partial charge is 0.328 e. The second-order valence-electron chi connectivity index (χ2n) is 12.6. The molecule has 2 unspecified atom stereocenters. The van der Waals surface area contributed by atoms with Gasteiger partial charge in [0.25, 0.3) is 0 Å². The largest absolute Gasteiger partial charge is 0.480 e. The van der Waals surface area contributed by atoms with Gasteiger partial charge in [0.05, 0.1) is 13.2 Å². The zero-order valence-corrected chi connectivity index (χ0v) is 32.5. The average molecular weight is 737 g/mol. The Hall–Kier alpha value is -4.24. The highest BCUT2D eigenvalue weighted by atomic mass is 16.5. The molecule has 0 rings (SSSR count). The molecule has 9 heteroatoms. The number of aliphatic carboxylic acids is 1. The van der Waals surface area contributed by atoms with E-state index in [0.29, 0.717) is 25.7 Å². The lowest BCUT2D eigenvalue weighted by Gasteiger charge is -2.14. The van der Waals surface area contributed by atoms with Gasteiger partial charge in [0, 0.05) is 12.8 Å². The molecule has 2 atom stereocenters. The Balaban J connectivity index is 4.41. The number of carbonyl (C=O) groups is 4. The van der Waals surface area contributed by atoms with Gasteiger partial charge in [-0.25, -0.2) is 4.79 Å². The van der Waals surface area contributed by atoms with Gasteiger partial charge in [-0.05, 0) is 83.1 Å². The normalized spacial score (nSPS) is 13.6. The number of hydrogen-bond acceptors (Lipinski definition) is 6. The third-order valence-corrected chi connectivity index (χ3v) is 7.81. The maximum absolute atomic E-state index is 12.6. The van der Waals surface area contributed by atoms with Crippen molar-refractivity contribution in [1.29, 1.82) is 0 Å². The lowest BCUT2D eigenvalue weighted by Crippen LogP contribution is -2.47. The van der Waals surface area contributed by atoms with Gasteiger partial charge in [-0.1, -0.05) is 131 Å². The number of nitrogens with one attached hydrogen (secondary N) is 2. The van der Waals surface area contributed by atoms with E-state index in [4.69, 9.17) is 14.9 Å². The summed E-state index contributed by atoms with van der Waals surface area (Å²) in [6, 6.07) is -1.40. The molecule has 0 aromatic carbocycles. The van der Waals surface area contributed by atoms with Gasteiger partial charge in [0.2, 0.25) is 11.8 Å². The summed E-state index contributed by atoms with van der Waals surface area (Å²) < 4.78 is 5.81. The van der Waals surface area contributed by atoms with Crippen molar-refractivity contribution >= 4 is 23.8 Å². The first-order chi connectivity index (χ1) is 25.8. The minimum Gasteiger partial charge on any atom is -0.480 e. The number of carboxylic acid groups (broad SMARTS) is 1. The Morgan fingerprint density at radius 1 is 0.604 bits per heavy atom. The zero-order valence-electron chi connectivity index (χ0n) is 32.5. The molecule has 4 N–H and O–H groups in total. The quantitative estimate of drug-likeness (QED) is 0.0299. The Kier molecular flexibility index (Phi) is 34.5. The van der Waals surface area contributed by atoms with Gasteiger partial charge in [-0.2, -0.15) is 0 Å². The van der Waals surface area contributed by atoms with E-state index in [1.807, 2.05) is 18.2 Å². The molecular weight excluding hydrogens is 668 g/mol. The fourth-order valence-electron chi connectivity index (χ4n) is 4.79. The number of allylic oxidation sites excluding steroid dienone is 15. The Morgan fingerprint density at radius 2 is 1.13 bits per heavy atom. The van der Waals surface area contributed by atoms with Gasteiger partial charge in [0.1, 0.15) is 12.1 Å². The van der Waals surface area contributed by atoms with Crippen LogP contribution in [0.15, 0.2) is 97.2 Å². The Labute approximate surface area is 319 Å². The summed E-state index contributed by atoms with van der Waals surface area (Å²) in [4.78, 5) is 47.3. The molecule has 0 saturated heterocycles. The standard InChI is InChI=1S/C44H68N2O7/c1-3-5-7-9-11-12-13-14-15-16-17-18-19-20-21-22-24-26-32-36-43(50)53-39(33-29-25-23-10-8-6-4-2)34-30-27-28-31-35-41(48)45-37-42(49)46-40(38-47)44(51)52/h5,7,10-12,14-15,17-18,20-21,23-24,26,29,33,39-40,47H,3-4,6,8-9,13,16,19,22,25,27-28,30-32,34-38H2,1-2H3,(H,45,48)(H,46,49)(H,51,52)/b7-5-,12-11-,15-14-,18-17-,21-20-,23-10-,26-24-,33-29-. The van der Waals surface area contributed by atoms with Crippen molar-refractivity contribution in [2.24, 2.45) is 0 Å². The van der Waals surface area contributed by atoms with Gasteiger partial charge in [-0.15, -0.1) is 0 Å². The highest BCUT2D eigenvalue weighted by Gasteiger charge is 2.18. The van der Waals surface area contributed by atoms with E-state index in [1.165, 1.54) is 12.8 Å². The SMILES string of the molecule is CC/C=C\C/C=C\C/C=C\C/C=C\C/C=C\C/C=C\CCC(=O)OC(/C=C\C/C=C\CCCC)CCCCCCC(=O)NCC(=O)NC(CO)C(=O)O. The average Bonchev–Trinajstić information content (AvgIpc) is 3.14. The number of rotatable bonds is 33. The summed E-state index contributed by atoms with van der Waals surface area (Å²) in [5.41, 5.74) is 0. The number of carbonyl (C=O) groups excluding carboxylic acids is 3. The van der Waals surface area contributed by atoms with Crippen LogP contribution in [0.4, 0.5) is 0 Å². The monoisotopic (exact) mass is 737 g/mol. The minimum atomic E-state index is -1.40. The maximum Gasteiger partial charge on any atom is 0.328 e. The molecule has 9 nitrogen and oxygen atoms in total. The van der Waals surface area contributed by atoms with Gasteiger partial charge >= 0.3 is 11.9 Å². The molecule has 0 spiro atoms. The van der Waals surface area contributed by atoms with Crippen molar-refractivity contribution in [1.82, 2.24) is 10.6 Å². The lowest BCUT2D eigenvalue weighted by atomic mass is 10.1. The third-order valence-electron chi connectivity index (χ3n) is 7.81. The van der Waals surface area contributed by atoms with Crippen molar-refractivity contribution < 1.29 is 34.1 Å². The molecule has 0 radical (unpaired) electrons. The van der Waals surface area contributed by atoms with E-state index in [-0.39, 0.29) is 30.9 Å². The highest BCUT2D eigenvalue weighted by molar-refractivity contribution is 5.87. The summed E-state index contributed by atoms with van der Waals surface area (Å²) >= 11 is 0. The summed E-state index contributed by atoms with van der Waals surface area (Å²) in [7, 11) is 0. The first-order valence-electron chi connectivity index (χ1n) is 19.6. The van der Waals surface area contributed by atoms with Crippen LogP contribution in [0.3, 0.4) is 0 Å². The second kappa shape index (κ2) is 37.5. The molecule has 0 aromatic heterocycles. The molecule has 0 fully saturated rings. The molecule has 0 aliphatic carbocycles. The molecule has 0 aromatic rings. The first-order valence-corrected chi connectivity index (χ1v) is 19.6. The van der Waals surface area contributed by atoms with Crippen molar-refractivity contribution in [3.63, 3.8) is 0 Å². The van der Waals surface area contributed by atoms with Crippen LogP contribution < -0.4 is 10.6 Å². The second-order valence-corrected chi connectivity index (χ2v) is 12.6. The van der Waals surface area contributed by atoms with Crippen LogP contribution >= 0.6 is 0 Å². The van der Waals surface area contributed by atoms with Gasteiger partial charge < -0.3 is 25.6 Å². The van der Waals surface area contributed by atoms with Gasteiger partial charge in [-0.3, -0.25) is 14.4 Å². The number of unbranched alkanes of at least 4 members (excludes halogenated alkanes) is 5. The fraction of sp³-hybridized carbons (Fsp3) is 0.545. The summed E-state index contributed by atoms with van der Waals surface area (Å²) in [6.07, 6.45) is 48.9. The maximum atomic E-state index is 12.6. The number of carboxylic acids is 1. The zero-order chi connectivity index (χ0) is 39.0. The number of hydrogen-bond donors (Lipinski definition) is 4. The van der Waals surface area contributed by atoms with Crippen LogP contribution in [-0.4, -0.2) is 59.3 Å². The number of aliphatic hydroxyl groups is 1. The van der Waals surface area contributed by atoms with E-state index in [0.717, 1.165) is 70.6 Å². The Bertz CT molecular complexity index is 1210. The number of esters is 1. The summed E-state index contributed by atoms with van der Waals surface area (Å²) in [5, 5.41) is 22.5. The minimum absolute atomic E-state index is 0.216.